The Morgan fingerprint density at radius 2 is 2.05 bits per heavy atom. The minimum Gasteiger partial charge on any atom is -0.415 e. The third-order valence-electron chi connectivity index (χ3n) is 4.91. The van der Waals surface area contributed by atoms with Crippen LogP contribution in [-0.4, -0.2) is 20.7 Å². The molecule has 0 heterocycles. The molecule has 0 saturated heterocycles. The zero-order valence-electron chi connectivity index (χ0n) is 14.2. The molecule has 0 saturated carbocycles. The molecule has 0 fully saturated rings. The highest BCUT2D eigenvalue weighted by atomic mass is 28.4. The molecule has 0 radical (unpaired) electrons. The van der Waals surface area contributed by atoms with Gasteiger partial charge in [0.2, 0.25) is 0 Å². The van der Waals surface area contributed by atoms with E-state index in [1.165, 1.54) is 0 Å². The van der Waals surface area contributed by atoms with E-state index in [0.717, 1.165) is 5.57 Å². The number of hydrogen-bond donors (Lipinski definition) is 0. The van der Waals surface area contributed by atoms with Crippen LogP contribution in [0.5, 0.6) is 0 Å². The summed E-state index contributed by atoms with van der Waals surface area (Å²) in [4.78, 5) is 12.4. The topological polar surface area (TPSA) is 26.3 Å². The van der Waals surface area contributed by atoms with E-state index in [0.29, 0.717) is 13.0 Å². The van der Waals surface area contributed by atoms with Gasteiger partial charge in [0.25, 0.3) is 0 Å². The SMILES string of the molecule is C=C(C)[C@@H]1C=C[C@](C)(CO[Si](C)(C)C(C)(C)C)C(=O)C1. The van der Waals surface area contributed by atoms with Gasteiger partial charge in [-0.2, -0.15) is 0 Å². The minimum atomic E-state index is -1.81. The van der Waals surface area contributed by atoms with Crippen molar-refractivity contribution in [3.63, 3.8) is 0 Å². The van der Waals surface area contributed by atoms with Crippen molar-refractivity contribution in [3.05, 3.63) is 24.3 Å². The highest BCUT2D eigenvalue weighted by molar-refractivity contribution is 6.74. The van der Waals surface area contributed by atoms with Gasteiger partial charge in [0.05, 0.1) is 5.41 Å². The van der Waals surface area contributed by atoms with Crippen LogP contribution in [0, 0.1) is 11.3 Å². The Labute approximate surface area is 125 Å². The van der Waals surface area contributed by atoms with E-state index in [-0.39, 0.29) is 16.7 Å². The first kappa shape index (κ1) is 17.4. The first-order valence-electron chi connectivity index (χ1n) is 7.41. The second-order valence-corrected chi connectivity index (χ2v) is 12.7. The van der Waals surface area contributed by atoms with Crippen LogP contribution in [0.15, 0.2) is 24.3 Å². The molecule has 3 heteroatoms. The fourth-order valence-electron chi connectivity index (χ4n) is 1.94. The molecule has 2 atom stereocenters. The Bertz CT molecular complexity index is 429. The molecule has 0 aromatic heterocycles. The standard InChI is InChI=1S/C17H30O2Si/c1-13(2)14-9-10-17(6,15(18)11-14)12-19-20(7,8)16(3,4)5/h9-10,14H,1,11-12H2,2-8H3/t14-,17-/m1/s1. The summed E-state index contributed by atoms with van der Waals surface area (Å²) in [7, 11) is -1.81. The highest BCUT2D eigenvalue weighted by Crippen LogP contribution is 2.39. The van der Waals surface area contributed by atoms with Crippen molar-refractivity contribution in [1.29, 1.82) is 0 Å². The van der Waals surface area contributed by atoms with Gasteiger partial charge in [0.1, 0.15) is 5.78 Å². The summed E-state index contributed by atoms with van der Waals surface area (Å²) in [6, 6.07) is 0. The van der Waals surface area contributed by atoms with Crippen molar-refractivity contribution in [2.24, 2.45) is 11.3 Å². The molecule has 0 bridgehead atoms. The summed E-state index contributed by atoms with van der Waals surface area (Å²) >= 11 is 0. The second kappa shape index (κ2) is 5.61. The summed E-state index contributed by atoms with van der Waals surface area (Å²) in [5.41, 5.74) is 0.587. The van der Waals surface area contributed by atoms with Crippen LogP contribution < -0.4 is 0 Å². The van der Waals surface area contributed by atoms with Crippen LogP contribution in [0.25, 0.3) is 0 Å². The smallest absolute Gasteiger partial charge is 0.192 e. The van der Waals surface area contributed by atoms with Crippen LogP contribution in [0.3, 0.4) is 0 Å². The largest absolute Gasteiger partial charge is 0.415 e. The number of carbonyl (C=O) groups is 1. The van der Waals surface area contributed by atoms with E-state index < -0.39 is 13.7 Å². The predicted octanol–water partition coefficient (Wildman–Crippen LogP) is 4.74. The van der Waals surface area contributed by atoms with Gasteiger partial charge in [-0.3, -0.25) is 4.79 Å². The Morgan fingerprint density at radius 3 is 2.45 bits per heavy atom. The van der Waals surface area contributed by atoms with Crippen molar-refractivity contribution < 1.29 is 9.22 Å². The van der Waals surface area contributed by atoms with E-state index in [2.05, 4.69) is 46.5 Å². The van der Waals surface area contributed by atoms with Gasteiger partial charge in [0, 0.05) is 18.9 Å². The summed E-state index contributed by atoms with van der Waals surface area (Å²) in [5.74, 6) is 0.468. The van der Waals surface area contributed by atoms with Crippen LogP contribution in [-0.2, 0) is 9.22 Å². The molecule has 0 N–H and O–H groups in total. The number of allylic oxidation sites excluding steroid dienone is 2. The minimum absolute atomic E-state index is 0.172. The normalized spacial score (nSPS) is 27.8. The highest BCUT2D eigenvalue weighted by Gasteiger charge is 2.41. The van der Waals surface area contributed by atoms with Gasteiger partial charge in [-0.05, 0) is 32.0 Å². The summed E-state index contributed by atoms with van der Waals surface area (Å²) in [5, 5.41) is 0.172. The van der Waals surface area contributed by atoms with E-state index in [9.17, 15) is 4.79 Å². The number of hydrogen-bond acceptors (Lipinski definition) is 2. The number of Topliss-reactive ketones (excluding diaryl/α,β-unsaturated/α-hetero) is 1. The number of ketones is 1. The molecular formula is C17H30O2Si. The van der Waals surface area contributed by atoms with Gasteiger partial charge in [0.15, 0.2) is 8.32 Å². The first-order chi connectivity index (χ1) is 8.89. The molecule has 0 unspecified atom stereocenters. The zero-order chi connectivity index (χ0) is 15.8. The monoisotopic (exact) mass is 294 g/mol. The molecule has 1 aliphatic rings. The Hall–Kier alpha value is -0.673. The van der Waals surface area contributed by atoms with Gasteiger partial charge < -0.3 is 4.43 Å². The zero-order valence-corrected chi connectivity index (χ0v) is 15.2. The molecule has 0 amide bonds. The summed E-state index contributed by atoms with van der Waals surface area (Å²) < 4.78 is 6.25. The maximum absolute atomic E-state index is 12.4. The van der Waals surface area contributed by atoms with Crippen molar-refractivity contribution in [3.8, 4) is 0 Å². The molecular weight excluding hydrogens is 264 g/mol. The average Bonchev–Trinajstić information content (AvgIpc) is 2.29. The Morgan fingerprint density at radius 1 is 1.50 bits per heavy atom. The van der Waals surface area contributed by atoms with Crippen molar-refractivity contribution in [1.82, 2.24) is 0 Å². The molecule has 114 valence electrons. The maximum atomic E-state index is 12.4. The quantitative estimate of drug-likeness (QED) is 0.553. The molecule has 0 aliphatic heterocycles. The lowest BCUT2D eigenvalue weighted by Crippen LogP contribution is -2.45. The van der Waals surface area contributed by atoms with E-state index in [1.54, 1.807) is 0 Å². The van der Waals surface area contributed by atoms with Gasteiger partial charge in [-0.1, -0.05) is 45.1 Å². The molecule has 1 rings (SSSR count). The van der Waals surface area contributed by atoms with Crippen LogP contribution >= 0.6 is 0 Å². The fourth-order valence-corrected chi connectivity index (χ4v) is 3.03. The van der Waals surface area contributed by atoms with Crippen molar-refractivity contribution in [2.75, 3.05) is 6.61 Å². The summed E-state index contributed by atoms with van der Waals surface area (Å²) in [6.45, 7) is 19.5. The predicted molar refractivity (Wildman–Crippen MR) is 88.3 cm³/mol. The fraction of sp³-hybridized carbons (Fsp3) is 0.706. The second-order valence-electron chi connectivity index (χ2n) is 7.91. The molecule has 0 aromatic rings. The lowest BCUT2D eigenvalue weighted by molar-refractivity contribution is -0.128. The Kier molecular flexibility index (Phi) is 4.87. The van der Waals surface area contributed by atoms with Crippen LogP contribution in [0.2, 0.25) is 18.1 Å². The Balaban J connectivity index is 2.80. The molecule has 1 aliphatic carbocycles. The van der Waals surface area contributed by atoms with E-state index in [1.807, 2.05) is 19.9 Å². The average molecular weight is 295 g/mol. The molecule has 20 heavy (non-hydrogen) atoms. The van der Waals surface area contributed by atoms with Crippen molar-refractivity contribution in [2.45, 2.75) is 59.2 Å². The maximum Gasteiger partial charge on any atom is 0.192 e. The molecule has 0 spiro atoms. The third-order valence-corrected chi connectivity index (χ3v) is 9.39. The summed E-state index contributed by atoms with van der Waals surface area (Å²) in [6.07, 6.45) is 4.72. The van der Waals surface area contributed by atoms with Gasteiger partial charge >= 0.3 is 0 Å². The molecule has 0 aromatic carbocycles. The number of rotatable bonds is 4. The van der Waals surface area contributed by atoms with E-state index >= 15 is 0 Å². The van der Waals surface area contributed by atoms with Gasteiger partial charge in [-0.25, -0.2) is 0 Å². The van der Waals surface area contributed by atoms with Gasteiger partial charge in [-0.15, -0.1) is 0 Å². The first-order valence-corrected chi connectivity index (χ1v) is 10.3. The third kappa shape index (κ3) is 3.70. The van der Waals surface area contributed by atoms with Crippen LogP contribution in [0.1, 0.15) is 41.0 Å². The lowest BCUT2D eigenvalue weighted by atomic mass is 9.75. The lowest BCUT2D eigenvalue weighted by Gasteiger charge is -2.40. The van der Waals surface area contributed by atoms with E-state index in [4.69, 9.17) is 4.43 Å². The van der Waals surface area contributed by atoms with Crippen LogP contribution in [0.4, 0.5) is 0 Å². The molecule has 2 nitrogen and oxygen atoms in total. The van der Waals surface area contributed by atoms with Crippen molar-refractivity contribution >= 4 is 14.1 Å². The number of carbonyl (C=O) groups excluding carboxylic acids is 1.